The van der Waals surface area contributed by atoms with Gasteiger partial charge >= 0.3 is 0 Å². The Morgan fingerprint density at radius 2 is 1.70 bits per heavy atom. The molecule has 0 aliphatic heterocycles. The zero-order valence-corrected chi connectivity index (χ0v) is 20.1. The fourth-order valence-corrected chi connectivity index (χ4v) is 4.36. The number of sulfonamides is 1. The van der Waals surface area contributed by atoms with Gasteiger partial charge in [-0.3, -0.25) is 13.9 Å². The Labute approximate surface area is 195 Å². The summed E-state index contributed by atoms with van der Waals surface area (Å²) < 4.78 is 39.7. The third-order valence-electron chi connectivity index (χ3n) is 5.19. The van der Waals surface area contributed by atoms with Crippen molar-refractivity contribution in [2.45, 2.75) is 45.7 Å². The van der Waals surface area contributed by atoms with Gasteiger partial charge in [0, 0.05) is 26.1 Å². The van der Waals surface area contributed by atoms with Gasteiger partial charge in [-0.15, -0.1) is 0 Å². The van der Waals surface area contributed by atoms with E-state index >= 15 is 0 Å². The normalized spacial score (nSPS) is 12.1. The number of benzene rings is 2. The Morgan fingerprint density at radius 3 is 2.30 bits per heavy atom. The first-order chi connectivity index (χ1) is 15.6. The average molecular weight is 478 g/mol. The molecule has 0 fully saturated rings. The summed E-state index contributed by atoms with van der Waals surface area (Å²) >= 11 is 0. The van der Waals surface area contributed by atoms with E-state index in [1.54, 1.807) is 13.0 Å². The molecule has 0 saturated heterocycles. The molecule has 180 valence electrons. The maximum atomic E-state index is 14.2. The van der Waals surface area contributed by atoms with E-state index in [4.69, 9.17) is 0 Å². The summed E-state index contributed by atoms with van der Waals surface area (Å²) in [7, 11) is -3.74. The number of amides is 2. The minimum atomic E-state index is -3.74. The van der Waals surface area contributed by atoms with E-state index in [2.05, 4.69) is 5.32 Å². The Hall–Kier alpha value is -2.94. The van der Waals surface area contributed by atoms with E-state index < -0.39 is 21.9 Å². The molecule has 1 atom stereocenters. The van der Waals surface area contributed by atoms with Crippen LogP contribution in [-0.2, 0) is 26.2 Å². The third kappa shape index (κ3) is 7.85. The number of carbonyl (C=O) groups excluding carboxylic acids is 2. The minimum Gasteiger partial charge on any atom is -0.354 e. The molecule has 0 radical (unpaired) electrons. The van der Waals surface area contributed by atoms with Gasteiger partial charge < -0.3 is 10.2 Å². The monoisotopic (exact) mass is 477 g/mol. The van der Waals surface area contributed by atoms with Crippen molar-refractivity contribution in [3.8, 4) is 0 Å². The van der Waals surface area contributed by atoms with Gasteiger partial charge in [0.1, 0.15) is 11.9 Å². The van der Waals surface area contributed by atoms with E-state index in [0.717, 1.165) is 22.5 Å². The van der Waals surface area contributed by atoms with E-state index in [9.17, 15) is 22.4 Å². The van der Waals surface area contributed by atoms with Crippen LogP contribution in [0.1, 0.15) is 38.7 Å². The van der Waals surface area contributed by atoms with Crippen molar-refractivity contribution in [3.05, 3.63) is 66.0 Å². The van der Waals surface area contributed by atoms with Crippen molar-refractivity contribution in [2.75, 3.05) is 23.7 Å². The number of carbonyl (C=O) groups is 2. The zero-order chi connectivity index (χ0) is 24.4. The van der Waals surface area contributed by atoms with Crippen LogP contribution in [0, 0.1) is 5.82 Å². The van der Waals surface area contributed by atoms with Gasteiger partial charge in [0.05, 0.1) is 11.9 Å². The molecule has 0 unspecified atom stereocenters. The molecule has 2 aromatic carbocycles. The van der Waals surface area contributed by atoms with E-state index in [0.29, 0.717) is 6.54 Å². The molecular formula is C24H32FN3O4S. The molecule has 0 bridgehead atoms. The molecule has 0 saturated carbocycles. The van der Waals surface area contributed by atoms with E-state index in [1.807, 2.05) is 37.3 Å². The fraction of sp³-hybridized carbons (Fsp3) is 0.417. The number of para-hydroxylation sites is 1. The number of hydrogen-bond acceptors (Lipinski definition) is 4. The molecule has 33 heavy (non-hydrogen) atoms. The highest BCUT2D eigenvalue weighted by atomic mass is 32.2. The Bertz CT molecular complexity index is 1030. The zero-order valence-electron chi connectivity index (χ0n) is 19.3. The summed E-state index contributed by atoms with van der Waals surface area (Å²) in [5.74, 6) is -1.17. The van der Waals surface area contributed by atoms with Crippen LogP contribution in [0.25, 0.3) is 0 Å². The Balaban J connectivity index is 2.13. The highest BCUT2D eigenvalue weighted by Crippen LogP contribution is 2.22. The van der Waals surface area contributed by atoms with Crippen molar-refractivity contribution in [3.63, 3.8) is 0 Å². The predicted octanol–water partition coefficient (Wildman–Crippen LogP) is 3.32. The first kappa shape index (κ1) is 26.3. The van der Waals surface area contributed by atoms with Crippen LogP contribution < -0.4 is 9.62 Å². The molecule has 0 spiro atoms. The SMILES string of the molecule is CCCNC(=O)[C@H](C)N(Cc1ccccc1)C(=O)CCCN(c1ccccc1F)S(C)(=O)=O. The molecule has 2 aromatic rings. The minimum absolute atomic E-state index is 0.0126. The second-order valence-electron chi connectivity index (χ2n) is 7.86. The lowest BCUT2D eigenvalue weighted by atomic mass is 10.1. The van der Waals surface area contributed by atoms with E-state index in [1.165, 1.54) is 23.1 Å². The maximum Gasteiger partial charge on any atom is 0.242 e. The number of nitrogens with one attached hydrogen (secondary N) is 1. The first-order valence-corrected chi connectivity index (χ1v) is 12.8. The van der Waals surface area contributed by atoms with Gasteiger partial charge in [0.15, 0.2) is 0 Å². The third-order valence-corrected chi connectivity index (χ3v) is 6.37. The summed E-state index contributed by atoms with van der Waals surface area (Å²) in [5, 5.41) is 2.81. The number of rotatable bonds is 12. The van der Waals surface area contributed by atoms with Crippen molar-refractivity contribution in [1.82, 2.24) is 10.2 Å². The summed E-state index contributed by atoms with van der Waals surface area (Å²) in [5.41, 5.74) is 0.825. The van der Waals surface area contributed by atoms with Crippen LogP contribution >= 0.6 is 0 Å². The molecule has 7 nitrogen and oxygen atoms in total. The Morgan fingerprint density at radius 1 is 1.06 bits per heavy atom. The fourth-order valence-electron chi connectivity index (χ4n) is 3.40. The highest BCUT2D eigenvalue weighted by molar-refractivity contribution is 7.92. The molecule has 0 aromatic heterocycles. The van der Waals surface area contributed by atoms with Crippen LogP contribution in [0.4, 0.5) is 10.1 Å². The molecule has 2 amide bonds. The predicted molar refractivity (Wildman–Crippen MR) is 128 cm³/mol. The second kappa shape index (κ2) is 12.3. The summed E-state index contributed by atoms with van der Waals surface area (Å²) in [6, 6.07) is 14.3. The van der Waals surface area contributed by atoms with Crippen LogP contribution in [0.2, 0.25) is 0 Å². The number of anilines is 1. The van der Waals surface area contributed by atoms with Gasteiger partial charge in [-0.1, -0.05) is 49.4 Å². The van der Waals surface area contributed by atoms with Crippen molar-refractivity contribution >= 4 is 27.5 Å². The van der Waals surface area contributed by atoms with Gasteiger partial charge in [0.2, 0.25) is 21.8 Å². The second-order valence-corrected chi connectivity index (χ2v) is 9.77. The molecule has 1 N–H and O–H groups in total. The summed E-state index contributed by atoms with van der Waals surface area (Å²) in [6.07, 6.45) is 1.97. The lowest BCUT2D eigenvalue weighted by Crippen LogP contribution is -2.47. The van der Waals surface area contributed by atoms with Crippen LogP contribution in [0.5, 0.6) is 0 Å². The van der Waals surface area contributed by atoms with Crippen molar-refractivity contribution in [1.29, 1.82) is 0 Å². The molecular weight excluding hydrogens is 445 g/mol. The molecule has 0 heterocycles. The van der Waals surface area contributed by atoms with Crippen molar-refractivity contribution < 1.29 is 22.4 Å². The summed E-state index contributed by atoms with van der Waals surface area (Å²) in [6.45, 7) is 4.34. The molecule has 0 aliphatic carbocycles. The van der Waals surface area contributed by atoms with Crippen LogP contribution in [0.15, 0.2) is 54.6 Å². The number of nitrogens with zero attached hydrogens (tertiary/aromatic N) is 2. The molecule has 0 aliphatic rings. The van der Waals surface area contributed by atoms with E-state index in [-0.39, 0.29) is 43.4 Å². The Kier molecular flexibility index (Phi) is 9.84. The van der Waals surface area contributed by atoms with Gasteiger partial charge in [-0.25, -0.2) is 12.8 Å². The molecule has 2 rings (SSSR count). The lowest BCUT2D eigenvalue weighted by Gasteiger charge is -2.29. The molecule has 9 heteroatoms. The largest absolute Gasteiger partial charge is 0.354 e. The van der Waals surface area contributed by atoms with Gasteiger partial charge in [0.25, 0.3) is 0 Å². The van der Waals surface area contributed by atoms with Crippen LogP contribution in [0.3, 0.4) is 0 Å². The average Bonchev–Trinajstić information content (AvgIpc) is 2.78. The van der Waals surface area contributed by atoms with Gasteiger partial charge in [-0.05, 0) is 37.5 Å². The lowest BCUT2D eigenvalue weighted by molar-refractivity contribution is -0.140. The number of hydrogen-bond donors (Lipinski definition) is 1. The van der Waals surface area contributed by atoms with Crippen LogP contribution in [-0.4, -0.2) is 50.5 Å². The highest BCUT2D eigenvalue weighted by Gasteiger charge is 2.26. The maximum absolute atomic E-state index is 14.2. The standard InChI is InChI=1S/C24H32FN3O4S/c1-4-16-26-24(30)19(2)27(18-20-11-6-5-7-12-20)23(29)15-10-17-28(33(3,31)32)22-14-9-8-13-21(22)25/h5-9,11-14,19H,4,10,15-18H2,1-3H3,(H,26,30)/t19-/m0/s1. The topological polar surface area (TPSA) is 86.8 Å². The number of halogens is 1. The first-order valence-electron chi connectivity index (χ1n) is 11.0. The van der Waals surface area contributed by atoms with Gasteiger partial charge in [-0.2, -0.15) is 0 Å². The van der Waals surface area contributed by atoms with Crippen molar-refractivity contribution in [2.24, 2.45) is 0 Å². The quantitative estimate of drug-likeness (QED) is 0.508. The summed E-state index contributed by atoms with van der Waals surface area (Å²) in [4.78, 5) is 27.1. The smallest absolute Gasteiger partial charge is 0.242 e.